The molecule has 0 saturated carbocycles. The maximum atomic E-state index is 12.6. The molecule has 1 heterocycles. The molecular formula is C20H23N5O5S. The highest BCUT2D eigenvalue weighted by atomic mass is 32.2. The van der Waals surface area contributed by atoms with E-state index in [-0.39, 0.29) is 16.5 Å². The molecular weight excluding hydrogens is 422 g/mol. The summed E-state index contributed by atoms with van der Waals surface area (Å²) < 4.78 is 27.4. The van der Waals surface area contributed by atoms with Gasteiger partial charge in [-0.25, -0.2) is 13.2 Å². The van der Waals surface area contributed by atoms with E-state index in [0.29, 0.717) is 25.3 Å². The van der Waals surface area contributed by atoms with E-state index in [0.717, 1.165) is 5.56 Å². The maximum Gasteiger partial charge on any atom is 0.317 e. The topological polar surface area (TPSA) is 151 Å². The first-order chi connectivity index (χ1) is 14.7. The largest absolute Gasteiger partial charge is 0.366 e. The van der Waals surface area contributed by atoms with Crippen molar-refractivity contribution in [3.8, 4) is 0 Å². The smallest absolute Gasteiger partial charge is 0.317 e. The second kappa shape index (κ2) is 9.14. The third-order valence-electron chi connectivity index (χ3n) is 4.76. The van der Waals surface area contributed by atoms with Gasteiger partial charge in [-0.2, -0.15) is 4.72 Å². The zero-order chi connectivity index (χ0) is 22.6. The van der Waals surface area contributed by atoms with Gasteiger partial charge in [0.2, 0.25) is 21.8 Å². The Morgan fingerprint density at radius 1 is 1.16 bits per heavy atom. The minimum Gasteiger partial charge on any atom is -0.366 e. The number of hydrogen-bond acceptors (Lipinski definition) is 5. The summed E-state index contributed by atoms with van der Waals surface area (Å²) in [5.41, 5.74) is 6.55. The van der Waals surface area contributed by atoms with E-state index in [9.17, 15) is 22.8 Å². The zero-order valence-electron chi connectivity index (χ0n) is 16.8. The minimum absolute atomic E-state index is 0.0994. The molecule has 1 atom stereocenters. The van der Waals surface area contributed by atoms with E-state index in [1.807, 2.05) is 0 Å². The van der Waals surface area contributed by atoms with Crippen molar-refractivity contribution >= 4 is 33.6 Å². The molecule has 11 heteroatoms. The van der Waals surface area contributed by atoms with Crippen LogP contribution in [0.2, 0.25) is 0 Å². The molecule has 2 aromatic rings. The molecule has 0 bridgehead atoms. The van der Waals surface area contributed by atoms with Gasteiger partial charge in [0, 0.05) is 30.9 Å². The molecule has 1 aliphatic rings. The summed E-state index contributed by atoms with van der Waals surface area (Å²) >= 11 is 0. The van der Waals surface area contributed by atoms with E-state index < -0.39 is 27.9 Å². The van der Waals surface area contributed by atoms with E-state index >= 15 is 0 Å². The van der Waals surface area contributed by atoms with Crippen LogP contribution in [0.15, 0.2) is 53.4 Å². The summed E-state index contributed by atoms with van der Waals surface area (Å²) in [6, 6.07) is 10.8. The summed E-state index contributed by atoms with van der Waals surface area (Å²) in [7, 11) is -4.00. The molecule has 10 nitrogen and oxygen atoms in total. The van der Waals surface area contributed by atoms with Crippen molar-refractivity contribution in [2.75, 3.05) is 18.4 Å². The highest BCUT2D eigenvalue weighted by molar-refractivity contribution is 7.89. The van der Waals surface area contributed by atoms with Crippen LogP contribution in [0.3, 0.4) is 0 Å². The van der Waals surface area contributed by atoms with E-state index in [1.54, 1.807) is 29.2 Å². The normalized spacial score (nSPS) is 14.7. The maximum absolute atomic E-state index is 12.6. The monoisotopic (exact) mass is 445 g/mol. The van der Waals surface area contributed by atoms with Crippen LogP contribution >= 0.6 is 0 Å². The van der Waals surface area contributed by atoms with Crippen LogP contribution < -0.4 is 21.1 Å². The van der Waals surface area contributed by atoms with Gasteiger partial charge in [0.1, 0.15) is 0 Å². The number of carbonyl (C=O) groups is 3. The lowest BCUT2D eigenvalue weighted by Crippen LogP contribution is -2.41. The summed E-state index contributed by atoms with van der Waals surface area (Å²) in [4.78, 5) is 37.1. The molecule has 0 spiro atoms. The van der Waals surface area contributed by atoms with Crippen LogP contribution in [0.4, 0.5) is 10.5 Å². The Kier molecular flexibility index (Phi) is 6.56. The van der Waals surface area contributed by atoms with Gasteiger partial charge in [-0.3, -0.25) is 9.59 Å². The number of rotatable bonds is 8. The number of amides is 4. The lowest BCUT2D eigenvalue weighted by Gasteiger charge is -2.19. The molecule has 31 heavy (non-hydrogen) atoms. The first-order valence-electron chi connectivity index (χ1n) is 9.51. The molecule has 0 radical (unpaired) electrons. The van der Waals surface area contributed by atoms with Gasteiger partial charge >= 0.3 is 6.03 Å². The second-order valence-electron chi connectivity index (χ2n) is 7.03. The Morgan fingerprint density at radius 3 is 2.45 bits per heavy atom. The number of primary amides is 1. The molecule has 2 aromatic carbocycles. The number of urea groups is 1. The third kappa shape index (κ3) is 5.38. The molecule has 1 fully saturated rings. The molecule has 5 N–H and O–H groups in total. The number of hydrogen-bond donors (Lipinski definition) is 4. The quantitative estimate of drug-likeness (QED) is 0.470. The van der Waals surface area contributed by atoms with Gasteiger partial charge in [0.25, 0.3) is 0 Å². The minimum atomic E-state index is -4.00. The van der Waals surface area contributed by atoms with Crippen LogP contribution in [0.5, 0.6) is 0 Å². The van der Waals surface area contributed by atoms with E-state index in [1.165, 1.54) is 31.2 Å². The predicted octanol–water partition coefficient (Wildman–Crippen LogP) is 0.616. The van der Waals surface area contributed by atoms with Crippen molar-refractivity contribution in [3.05, 3.63) is 59.7 Å². The van der Waals surface area contributed by atoms with Crippen LogP contribution in [0.1, 0.15) is 22.8 Å². The van der Waals surface area contributed by atoms with Crippen molar-refractivity contribution in [2.24, 2.45) is 5.73 Å². The van der Waals surface area contributed by atoms with E-state index in [2.05, 4.69) is 15.4 Å². The van der Waals surface area contributed by atoms with Crippen LogP contribution in [-0.4, -0.2) is 50.3 Å². The van der Waals surface area contributed by atoms with Gasteiger partial charge in [-0.05, 0) is 42.8 Å². The number of nitrogens with zero attached hydrogens (tertiary/aromatic N) is 1. The first kappa shape index (κ1) is 22.2. The first-order valence-corrected chi connectivity index (χ1v) is 11.0. The van der Waals surface area contributed by atoms with Crippen molar-refractivity contribution in [2.45, 2.75) is 24.4 Å². The average molecular weight is 446 g/mol. The van der Waals surface area contributed by atoms with Gasteiger partial charge in [-0.1, -0.05) is 18.2 Å². The number of para-hydroxylation sites is 1. The standard InChI is InChI=1S/C20H23N5O5S/c1-13(24-31(29,30)16-8-6-14(7-9-16)18(21)26)19(27)23-17-5-3-2-4-15(17)12-25-11-10-22-20(25)28/h2-9,13,24H,10-12H2,1H3,(H2,21,26)(H,22,28)(H,23,27). The Balaban J connectivity index is 1.68. The molecule has 164 valence electrons. The SMILES string of the molecule is CC(NS(=O)(=O)c1ccc(C(N)=O)cc1)C(=O)Nc1ccccc1CN1CCNC1=O. The van der Waals surface area contributed by atoms with Gasteiger partial charge < -0.3 is 21.3 Å². The summed E-state index contributed by atoms with van der Waals surface area (Å²) in [6.45, 7) is 2.86. The van der Waals surface area contributed by atoms with Crippen LogP contribution in [-0.2, 0) is 21.4 Å². The number of carbonyl (C=O) groups excluding carboxylic acids is 3. The third-order valence-corrected chi connectivity index (χ3v) is 6.31. The molecule has 1 unspecified atom stereocenters. The average Bonchev–Trinajstić information content (AvgIpc) is 3.13. The van der Waals surface area contributed by atoms with Crippen molar-refractivity contribution in [1.29, 1.82) is 0 Å². The lowest BCUT2D eigenvalue weighted by atomic mass is 10.1. The highest BCUT2D eigenvalue weighted by Crippen LogP contribution is 2.19. The fourth-order valence-corrected chi connectivity index (χ4v) is 4.24. The highest BCUT2D eigenvalue weighted by Gasteiger charge is 2.24. The Labute approximate surface area is 179 Å². The molecule has 0 aliphatic carbocycles. The van der Waals surface area contributed by atoms with Gasteiger partial charge in [0.05, 0.1) is 10.9 Å². The fraction of sp³-hybridized carbons (Fsp3) is 0.250. The molecule has 1 saturated heterocycles. The predicted molar refractivity (Wildman–Crippen MR) is 114 cm³/mol. The molecule has 3 rings (SSSR count). The van der Waals surface area contributed by atoms with Crippen molar-refractivity contribution < 1.29 is 22.8 Å². The number of benzene rings is 2. The fourth-order valence-electron chi connectivity index (χ4n) is 3.04. The Hall–Kier alpha value is -3.44. The Bertz CT molecular complexity index is 1100. The van der Waals surface area contributed by atoms with Crippen molar-refractivity contribution in [3.63, 3.8) is 0 Å². The van der Waals surface area contributed by atoms with Gasteiger partial charge in [0.15, 0.2) is 0 Å². The second-order valence-corrected chi connectivity index (χ2v) is 8.75. The number of anilines is 1. The van der Waals surface area contributed by atoms with E-state index in [4.69, 9.17) is 5.73 Å². The lowest BCUT2D eigenvalue weighted by molar-refractivity contribution is -0.117. The van der Waals surface area contributed by atoms with Gasteiger partial charge in [-0.15, -0.1) is 0 Å². The summed E-state index contributed by atoms with van der Waals surface area (Å²) in [5.74, 6) is -1.23. The molecule has 0 aromatic heterocycles. The zero-order valence-corrected chi connectivity index (χ0v) is 17.6. The van der Waals surface area contributed by atoms with Crippen LogP contribution in [0.25, 0.3) is 0 Å². The Morgan fingerprint density at radius 2 is 1.84 bits per heavy atom. The summed E-state index contributed by atoms with van der Waals surface area (Å²) in [6.07, 6.45) is 0. The number of nitrogens with two attached hydrogens (primary N) is 1. The van der Waals surface area contributed by atoms with Crippen LogP contribution in [0, 0.1) is 0 Å². The summed E-state index contributed by atoms with van der Waals surface area (Å²) in [5, 5.41) is 5.43. The van der Waals surface area contributed by atoms with Crippen molar-refractivity contribution in [1.82, 2.24) is 14.9 Å². The molecule has 1 aliphatic heterocycles. The number of nitrogens with one attached hydrogen (secondary N) is 3. The molecule has 4 amide bonds. The number of sulfonamides is 1.